The molecule has 0 aliphatic carbocycles. The van der Waals surface area contributed by atoms with Gasteiger partial charge in [0, 0.05) is 11.6 Å². The second-order valence-corrected chi connectivity index (χ2v) is 5.95. The Morgan fingerprint density at radius 1 is 1.08 bits per heavy atom. The molecule has 1 aromatic heterocycles. The zero-order valence-electron chi connectivity index (χ0n) is 14.9. The lowest BCUT2D eigenvalue weighted by Gasteiger charge is -2.12. The van der Waals surface area contributed by atoms with E-state index in [1.54, 1.807) is 50.7 Å². The summed E-state index contributed by atoms with van der Waals surface area (Å²) in [4.78, 5) is 25.0. The number of amides is 1. The van der Waals surface area contributed by atoms with Crippen molar-refractivity contribution in [2.45, 2.75) is 13.5 Å². The number of ether oxygens (including phenoxy) is 2. The van der Waals surface area contributed by atoms with Crippen LogP contribution in [0.1, 0.15) is 5.56 Å². The first-order chi connectivity index (χ1) is 12.5. The lowest BCUT2D eigenvalue weighted by atomic mass is 10.1. The zero-order chi connectivity index (χ0) is 18.7. The molecule has 0 saturated heterocycles. The molecule has 2 aromatic carbocycles. The Morgan fingerprint density at radius 2 is 1.88 bits per heavy atom. The molecule has 3 rings (SSSR count). The highest BCUT2D eigenvalue weighted by atomic mass is 16.5. The minimum absolute atomic E-state index is 0.0854. The van der Waals surface area contributed by atoms with Gasteiger partial charge in [0.05, 0.1) is 19.9 Å². The summed E-state index contributed by atoms with van der Waals surface area (Å²) in [6.07, 6.45) is 1.61. The van der Waals surface area contributed by atoms with Crippen LogP contribution < -0.4 is 20.3 Å². The van der Waals surface area contributed by atoms with Crippen LogP contribution >= 0.6 is 0 Å². The van der Waals surface area contributed by atoms with Crippen molar-refractivity contribution >= 4 is 22.4 Å². The van der Waals surface area contributed by atoms with Gasteiger partial charge in [0.15, 0.2) is 0 Å². The van der Waals surface area contributed by atoms with Gasteiger partial charge in [-0.05, 0) is 54.3 Å². The third-order valence-corrected chi connectivity index (χ3v) is 4.13. The molecule has 1 heterocycles. The minimum atomic E-state index is -0.302. The number of nitrogens with zero attached hydrogens (tertiary/aromatic N) is 1. The number of aryl methyl sites for hydroxylation is 1. The lowest BCUT2D eigenvalue weighted by Crippen LogP contribution is -2.27. The number of benzene rings is 2. The highest BCUT2D eigenvalue weighted by molar-refractivity contribution is 5.92. The monoisotopic (exact) mass is 352 g/mol. The van der Waals surface area contributed by atoms with Crippen LogP contribution in [0.4, 0.5) is 5.69 Å². The number of carbonyl (C=O) groups excluding carboxylic acids is 1. The molecular weight excluding hydrogens is 332 g/mol. The predicted octanol–water partition coefficient (Wildman–Crippen LogP) is 2.97. The van der Waals surface area contributed by atoms with Crippen molar-refractivity contribution < 1.29 is 14.3 Å². The molecule has 0 fully saturated rings. The fourth-order valence-corrected chi connectivity index (χ4v) is 2.78. The maximum absolute atomic E-state index is 12.6. The number of aromatic nitrogens is 1. The first-order valence-corrected chi connectivity index (χ1v) is 8.13. The standard InChI is InChI=1S/C20H20N2O4/c1-13-4-7-18(26-3)17(10-13)21-19(23)12-22-9-8-14-11-15(25-2)5-6-16(14)20(22)24/h4-11H,12H2,1-3H3,(H,21,23). The number of anilines is 1. The van der Waals surface area contributed by atoms with Gasteiger partial charge in [0.2, 0.25) is 5.91 Å². The molecule has 3 aromatic rings. The Morgan fingerprint density at radius 3 is 2.62 bits per heavy atom. The van der Waals surface area contributed by atoms with E-state index in [0.29, 0.717) is 22.6 Å². The van der Waals surface area contributed by atoms with Gasteiger partial charge in [0.1, 0.15) is 18.0 Å². The summed E-state index contributed by atoms with van der Waals surface area (Å²) >= 11 is 0. The van der Waals surface area contributed by atoms with Crippen molar-refractivity contribution in [3.05, 3.63) is 64.6 Å². The Bertz CT molecular complexity index is 1020. The molecule has 0 radical (unpaired) electrons. The van der Waals surface area contributed by atoms with Crippen molar-refractivity contribution in [2.75, 3.05) is 19.5 Å². The molecular formula is C20H20N2O4. The fourth-order valence-electron chi connectivity index (χ4n) is 2.78. The number of methoxy groups -OCH3 is 2. The molecule has 1 N–H and O–H groups in total. The average molecular weight is 352 g/mol. The van der Waals surface area contributed by atoms with Crippen LogP contribution in [-0.2, 0) is 11.3 Å². The Balaban J connectivity index is 1.85. The van der Waals surface area contributed by atoms with Crippen molar-refractivity contribution in [3.8, 4) is 11.5 Å². The van der Waals surface area contributed by atoms with E-state index in [1.807, 2.05) is 19.1 Å². The number of fused-ring (bicyclic) bond motifs is 1. The molecule has 1 amide bonds. The van der Waals surface area contributed by atoms with Gasteiger partial charge in [-0.3, -0.25) is 9.59 Å². The summed E-state index contributed by atoms with van der Waals surface area (Å²) in [6.45, 7) is 1.84. The maximum atomic E-state index is 12.6. The van der Waals surface area contributed by atoms with Gasteiger partial charge >= 0.3 is 0 Å². The van der Waals surface area contributed by atoms with Crippen molar-refractivity contribution in [1.29, 1.82) is 0 Å². The van der Waals surface area contributed by atoms with E-state index >= 15 is 0 Å². The zero-order valence-corrected chi connectivity index (χ0v) is 14.9. The number of pyridine rings is 1. The minimum Gasteiger partial charge on any atom is -0.497 e. The second kappa shape index (κ2) is 7.31. The van der Waals surface area contributed by atoms with E-state index in [4.69, 9.17) is 9.47 Å². The van der Waals surface area contributed by atoms with E-state index in [0.717, 1.165) is 10.9 Å². The normalized spacial score (nSPS) is 10.6. The second-order valence-electron chi connectivity index (χ2n) is 5.95. The van der Waals surface area contributed by atoms with Crippen molar-refractivity contribution in [3.63, 3.8) is 0 Å². The van der Waals surface area contributed by atoms with Gasteiger partial charge < -0.3 is 19.4 Å². The molecule has 134 valence electrons. The van der Waals surface area contributed by atoms with E-state index in [2.05, 4.69) is 5.32 Å². The quantitative estimate of drug-likeness (QED) is 0.766. The Kier molecular flexibility index (Phi) is 4.93. The van der Waals surface area contributed by atoms with Crippen molar-refractivity contribution in [2.24, 2.45) is 0 Å². The highest BCUT2D eigenvalue weighted by Crippen LogP contribution is 2.25. The predicted molar refractivity (Wildman–Crippen MR) is 101 cm³/mol. The molecule has 6 nitrogen and oxygen atoms in total. The third-order valence-electron chi connectivity index (χ3n) is 4.13. The van der Waals surface area contributed by atoms with Crippen LogP contribution in [-0.4, -0.2) is 24.7 Å². The summed E-state index contributed by atoms with van der Waals surface area (Å²) in [5.41, 5.74) is 1.35. The maximum Gasteiger partial charge on any atom is 0.258 e. The number of carbonyl (C=O) groups is 1. The van der Waals surface area contributed by atoms with Crippen LogP contribution in [0.25, 0.3) is 10.8 Å². The van der Waals surface area contributed by atoms with Gasteiger partial charge in [-0.25, -0.2) is 0 Å². The van der Waals surface area contributed by atoms with E-state index < -0.39 is 0 Å². The van der Waals surface area contributed by atoms with Crippen LogP contribution in [0, 0.1) is 6.92 Å². The van der Waals surface area contributed by atoms with E-state index in [-0.39, 0.29) is 18.0 Å². The molecule has 26 heavy (non-hydrogen) atoms. The number of nitrogens with one attached hydrogen (secondary N) is 1. The number of hydrogen-bond donors (Lipinski definition) is 1. The van der Waals surface area contributed by atoms with Crippen LogP contribution in [0.2, 0.25) is 0 Å². The molecule has 0 aliphatic heterocycles. The van der Waals surface area contributed by atoms with E-state index in [1.165, 1.54) is 4.57 Å². The fraction of sp³-hybridized carbons (Fsp3) is 0.200. The third kappa shape index (κ3) is 3.54. The van der Waals surface area contributed by atoms with Gasteiger partial charge in [-0.1, -0.05) is 6.07 Å². The van der Waals surface area contributed by atoms with Crippen LogP contribution in [0.15, 0.2) is 53.5 Å². The van der Waals surface area contributed by atoms with Gasteiger partial charge in [0.25, 0.3) is 5.56 Å². The summed E-state index contributed by atoms with van der Waals surface area (Å²) in [6, 6.07) is 12.5. The average Bonchev–Trinajstić information content (AvgIpc) is 2.64. The molecule has 0 spiro atoms. The summed E-state index contributed by atoms with van der Waals surface area (Å²) < 4.78 is 11.8. The summed E-state index contributed by atoms with van der Waals surface area (Å²) in [5, 5.41) is 4.11. The SMILES string of the molecule is COc1ccc2c(=O)n(CC(=O)Nc3cc(C)ccc3OC)ccc2c1. The summed E-state index contributed by atoms with van der Waals surface area (Å²) in [7, 11) is 3.12. The van der Waals surface area contributed by atoms with Crippen LogP contribution in [0.5, 0.6) is 11.5 Å². The molecule has 6 heteroatoms. The molecule has 0 saturated carbocycles. The Labute approximate surface area is 151 Å². The van der Waals surface area contributed by atoms with Crippen molar-refractivity contribution in [1.82, 2.24) is 4.57 Å². The van der Waals surface area contributed by atoms with Gasteiger partial charge in [-0.15, -0.1) is 0 Å². The highest BCUT2D eigenvalue weighted by Gasteiger charge is 2.11. The number of rotatable bonds is 5. The lowest BCUT2D eigenvalue weighted by molar-refractivity contribution is -0.116. The van der Waals surface area contributed by atoms with Gasteiger partial charge in [-0.2, -0.15) is 0 Å². The Hall–Kier alpha value is -3.28. The molecule has 0 unspecified atom stereocenters. The topological polar surface area (TPSA) is 69.6 Å². The smallest absolute Gasteiger partial charge is 0.258 e. The first-order valence-electron chi connectivity index (χ1n) is 8.13. The first kappa shape index (κ1) is 17.5. The largest absolute Gasteiger partial charge is 0.497 e. The van der Waals surface area contributed by atoms with E-state index in [9.17, 15) is 9.59 Å². The molecule has 0 aliphatic rings. The molecule has 0 bridgehead atoms. The number of hydrogen-bond acceptors (Lipinski definition) is 4. The molecule has 0 atom stereocenters. The summed E-state index contributed by atoms with van der Waals surface area (Å²) in [5.74, 6) is 0.949. The van der Waals surface area contributed by atoms with Crippen LogP contribution in [0.3, 0.4) is 0 Å².